The Morgan fingerprint density at radius 1 is 1.06 bits per heavy atom. The third kappa shape index (κ3) is 3.65. The molecule has 0 saturated carbocycles. The summed E-state index contributed by atoms with van der Waals surface area (Å²) in [5.41, 5.74) is 4.91. The van der Waals surface area contributed by atoms with Gasteiger partial charge in [0.25, 0.3) is 5.56 Å². The van der Waals surface area contributed by atoms with Gasteiger partial charge in [0.2, 0.25) is 0 Å². The van der Waals surface area contributed by atoms with Crippen molar-refractivity contribution >= 4 is 10.9 Å². The highest BCUT2D eigenvalue weighted by molar-refractivity contribution is 5.83. The van der Waals surface area contributed by atoms with Crippen LogP contribution in [-0.4, -0.2) is 43.2 Å². The summed E-state index contributed by atoms with van der Waals surface area (Å²) in [7, 11) is 0. The average molecular weight is 415 g/mol. The van der Waals surface area contributed by atoms with Gasteiger partial charge in [0.15, 0.2) is 5.82 Å². The summed E-state index contributed by atoms with van der Waals surface area (Å²) in [5, 5.41) is 13.7. The molecule has 31 heavy (non-hydrogen) atoms. The Balaban J connectivity index is 1.64. The molecule has 1 N–H and O–H groups in total. The van der Waals surface area contributed by atoms with Crippen LogP contribution in [0.5, 0.6) is 0 Å². The fraction of sp³-hybridized carbons (Fsp3) is 0.333. The molecule has 2 aromatic carbocycles. The minimum absolute atomic E-state index is 0.0765. The Labute approximate surface area is 180 Å². The van der Waals surface area contributed by atoms with Gasteiger partial charge in [-0.15, -0.1) is 5.10 Å². The number of hydrogen-bond donors (Lipinski definition) is 1. The van der Waals surface area contributed by atoms with Crippen LogP contribution in [0.25, 0.3) is 10.9 Å². The van der Waals surface area contributed by atoms with Gasteiger partial charge in [0, 0.05) is 5.56 Å². The van der Waals surface area contributed by atoms with Crippen LogP contribution in [0, 0.1) is 13.8 Å². The van der Waals surface area contributed by atoms with E-state index in [0.717, 1.165) is 48.0 Å². The quantitative estimate of drug-likeness (QED) is 0.542. The van der Waals surface area contributed by atoms with Crippen LogP contribution in [0.3, 0.4) is 0 Å². The molecule has 4 aromatic rings. The lowest BCUT2D eigenvalue weighted by Gasteiger charge is -2.26. The second-order valence-corrected chi connectivity index (χ2v) is 8.35. The summed E-state index contributed by atoms with van der Waals surface area (Å²) < 4.78 is 1.82. The predicted molar refractivity (Wildman–Crippen MR) is 120 cm³/mol. The third-order valence-corrected chi connectivity index (χ3v) is 6.36. The number of hydrogen-bond acceptors (Lipinski definition) is 5. The summed E-state index contributed by atoms with van der Waals surface area (Å²) in [5.74, 6) is 0.708. The van der Waals surface area contributed by atoms with E-state index < -0.39 is 0 Å². The zero-order chi connectivity index (χ0) is 21.4. The Morgan fingerprint density at radius 3 is 2.61 bits per heavy atom. The Bertz CT molecular complexity index is 1270. The van der Waals surface area contributed by atoms with Gasteiger partial charge in [-0.1, -0.05) is 42.5 Å². The maximum Gasteiger partial charge on any atom is 0.253 e. The van der Waals surface area contributed by atoms with Crippen molar-refractivity contribution in [1.29, 1.82) is 0 Å². The molecule has 1 atom stereocenters. The van der Waals surface area contributed by atoms with Crippen LogP contribution in [0.2, 0.25) is 0 Å². The molecule has 1 saturated heterocycles. The molecule has 0 spiro atoms. The van der Waals surface area contributed by atoms with E-state index >= 15 is 0 Å². The first-order valence-electron chi connectivity index (χ1n) is 10.8. The van der Waals surface area contributed by atoms with Crippen molar-refractivity contribution in [2.24, 2.45) is 0 Å². The average Bonchev–Trinajstić information content (AvgIpc) is 3.46. The highest BCUT2D eigenvalue weighted by atomic mass is 16.1. The smallest absolute Gasteiger partial charge is 0.253 e. The number of likely N-dealkylation sites (tertiary alicyclic amines) is 1. The van der Waals surface area contributed by atoms with E-state index in [9.17, 15) is 4.79 Å². The third-order valence-electron chi connectivity index (χ3n) is 6.36. The van der Waals surface area contributed by atoms with Crippen LogP contribution in [0.15, 0.2) is 53.3 Å². The first-order valence-corrected chi connectivity index (χ1v) is 10.8. The number of nitrogens with one attached hydrogen (secondary N) is 1. The van der Waals surface area contributed by atoms with Crippen molar-refractivity contribution in [2.75, 3.05) is 13.1 Å². The standard InChI is InChI=1S/C24H26N6O/c1-16-10-11-19-14-20(24(31)25-21(19)17(16)2)22(29-12-6-7-13-29)23-26-27-28-30(23)15-18-8-4-3-5-9-18/h3-5,8-11,14,22H,6-7,12-13,15H2,1-2H3,(H,25,31)/t22-/m1/s1. The van der Waals surface area contributed by atoms with E-state index in [2.05, 4.69) is 56.6 Å². The van der Waals surface area contributed by atoms with Gasteiger partial charge in [-0.05, 0) is 78.3 Å². The summed E-state index contributed by atoms with van der Waals surface area (Å²) in [6.45, 7) is 6.52. The van der Waals surface area contributed by atoms with Crippen molar-refractivity contribution in [3.8, 4) is 0 Å². The zero-order valence-electron chi connectivity index (χ0n) is 17.9. The van der Waals surface area contributed by atoms with Crippen molar-refractivity contribution in [2.45, 2.75) is 39.3 Å². The molecule has 1 fully saturated rings. The number of benzene rings is 2. The second-order valence-electron chi connectivity index (χ2n) is 8.35. The number of rotatable bonds is 5. The van der Waals surface area contributed by atoms with E-state index in [1.54, 1.807) is 0 Å². The molecule has 1 aliphatic heterocycles. The van der Waals surface area contributed by atoms with E-state index in [4.69, 9.17) is 0 Å². The Kier molecular flexibility index (Phi) is 5.11. The van der Waals surface area contributed by atoms with Gasteiger partial charge in [-0.25, -0.2) is 4.68 Å². The lowest BCUT2D eigenvalue weighted by atomic mass is 10.0. The molecule has 0 amide bonds. The van der Waals surface area contributed by atoms with Crippen LogP contribution in [0.4, 0.5) is 0 Å². The van der Waals surface area contributed by atoms with Gasteiger partial charge < -0.3 is 4.98 Å². The van der Waals surface area contributed by atoms with Crippen molar-refractivity contribution in [1.82, 2.24) is 30.1 Å². The number of pyridine rings is 1. The SMILES string of the molecule is Cc1ccc2cc([C@H](c3nnnn3Cc3ccccc3)N3CCCC3)c(=O)[nH]c2c1C. The Hall–Kier alpha value is -3.32. The summed E-state index contributed by atoms with van der Waals surface area (Å²) in [4.78, 5) is 18.8. The van der Waals surface area contributed by atoms with Crippen molar-refractivity contribution in [3.63, 3.8) is 0 Å². The molecule has 3 heterocycles. The molecule has 158 valence electrons. The van der Waals surface area contributed by atoms with Crippen molar-refractivity contribution < 1.29 is 0 Å². The van der Waals surface area contributed by atoms with Gasteiger partial charge in [0.1, 0.15) is 6.04 Å². The minimum atomic E-state index is -0.282. The van der Waals surface area contributed by atoms with Crippen molar-refractivity contribution in [3.05, 3.63) is 87.0 Å². The fourth-order valence-electron chi connectivity index (χ4n) is 4.52. The monoisotopic (exact) mass is 414 g/mol. The van der Waals surface area contributed by atoms with Gasteiger partial charge in [-0.2, -0.15) is 0 Å². The lowest BCUT2D eigenvalue weighted by Crippen LogP contribution is -2.33. The first-order chi connectivity index (χ1) is 15.1. The van der Waals surface area contributed by atoms with Crippen LogP contribution in [0.1, 0.15) is 47.0 Å². The zero-order valence-corrected chi connectivity index (χ0v) is 17.9. The molecule has 0 radical (unpaired) electrons. The number of aromatic amines is 1. The molecule has 0 aliphatic carbocycles. The first kappa shape index (κ1) is 19.6. The van der Waals surface area contributed by atoms with E-state index in [-0.39, 0.29) is 11.6 Å². The number of aryl methyl sites for hydroxylation is 2. The number of aromatic nitrogens is 5. The molecule has 0 bridgehead atoms. The van der Waals surface area contributed by atoms with Gasteiger partial charge in [0.05, 0.1) is 12.1 Å². The maximum absolute atomic E-state index is 13.3. The number of H-pyrrole nitrogens is 1. The fourth-order valence-corrected chi connectivity index (χ4v) is 4.52. The van der Waals surface area contributed by atoms with Gasteiger partial charge >= 0.3 is 0 Å². The summed E-state index contributed by atoms with van der Waals surface area (Å²) >= 11 is 0. The van der Waals surface area contributed by atoms with Crippen LogP contribution < -0.4 is 5.56 Å². The second kappa shape index (κ2) is 8.07. The minimum Gasteiger partial charge on any atom is -0.321 e. The van der Waals surface area contributed by atoms with E-state index in [0.29, 0.717) is 17.9 Å². The molecule has 7 nitrogen and oxygen atoms in total. The number of fused-ring (bicyclic) bond motifs is 1. The van der Waals surface area contributed by atoms with Crippen LogP contribution in [-0.2, 0) is 6.54 Å². The summed E-state index contributed by atoms with van der Waals surface area (Å²) in [6.07, 6.45) is 2.22. The highest BCUT2D eigenvalue weighted by Gasteiger charge is 2.32. The largest absolute Gasteiger partial charge is 0.321 e. The molecular formula is C24H26N6O. The Morgan fingerprint density at radius 2 is 1.84 bits per heavy atom. The van der Waals surface area contributed by atoms with Crippen LogP contribution >= 0.6 is 0 Å². The molecule has 0 unspecified atom stereocenters. The maximum atomic E-state index is 13.3. The van der Waals surface area contributed by atoms with E-state index in [1.165, 1.54) is 5.56 Å². The molecule has 1 aliphatic rings. The molecule has 2 aromatic heterocycles. The molecule has 5 rings (SSSR count). The number of nitrogens with zero attached hydrogens (tertiary/aromatic N) is 5. The topological polar surface area (TPSA) is 79.7 Å². The number of tetrazole rings is 1. The predicted octanol–water partition coefficient (Wildman–Crippen LogP) is 3.36. The molecule has 7 heteroatoms. The normalized spacial score (nSPS) is 15.5. The highest BCUT2D eigenvalue weighted by Crippen LogP contribution is 2.30. The van der Waals surface area contributed by atoms with E-state index in [1.807, 2.05) is 35.9 Å². The molecular weight excluding hydrogens is 388 g/mol. The summed E-state index contributed by atoms with van der Waals surface area (Å²) in [6, 6.07) is 16.0. The van der Waals surface area contributed by atoms with Gasteiger partial charge in [-0.3, -0.25) is 9.69 Å². The lowest BCUT2D eigenvalue weighted by molar-refractivity contribution is 0.263.